The van der Waals surface area contributed by atoms with E-state index in [-0.39, 0.29) is 30.0 Å². The van der Waals surface area contributed by atoms with Crippen LogP contribution in [0.15, 0.2) is 48.5 Å². The van der Waals surface area contributed by atoms with E-state index in [1.807, 2.05) is 29.2 Å². The summed E-state index contributed by atoms with van der Waals surface area (Å²) in [7, 11) is 0. The first-order valence-corrected chi connectivity index (χ1v) is 11.3. The monoisotopic (exact) mass is 452 g/mol. The highest BCUT2D eigenvalue weighted by molar-refractivity contribution is 6.07. The zero-order valence-corrected chi connectivity index (χ0v) is 18.0. The third-order valence-corrected chi connectivity index (χ3v) is 6.86. The van der Waals surface area contributed by atoms with Crippen LogP contribution in [0.4, 0.5) is 14.9 Å². The number of aliphatic carboxylic acids is 1. The highest BCUT2D eigenvalue weighted by Crippen LogP contribution is 2.52. The predicted octanol–water partition coefficient (Wildman–Crippen LogP) is 4.38. The SMILES string of the molecule is O=C(O)COC(=O)N(C1CC1)C1c2ccccc2N(C(=O)c2ccc(F)cc2)C2CCCC21. The summed E-state index contributed by atoms with van der Waals surface area (Å²) in [6.07, 6.45) is 3.61. The summed E-state index contributed by atoms with van der Waals surface area (Å²) in [6, 6.07) is 12.7. The van der Waals surface area contributed by atoms with Crippen LogP contribution in [-0.4, -0.2) is 46.7 Å². The van der Waals surface area contributed by atoms with Gasteiger partial charge in [0.15, 0.2) is 6.61 Å². The van der Waals surface area contributed by atoms with Crippen LogP contribution in [0.5, 0.6) is 0 Å². The van der Waals surface area contributed by atoms with Gasteiger partial charge in [-0.1, -0.05) is 24.6 Å². The molecule has 2 aromatic carbocycles. The van der Waals surface area contributed by atoms with Gasteiger partial charge in [-0.2, -0.15) is 0 Å². The molecular weight excluding hydrogens is 427 g/mol. The van der Waals surface area contributed by atoms with E-state index in [0.29, 0.717) is 5.56 Å². The summed E-state index contributed by atoms with van der Waals surface area (Å²) in [5.74, 6) is -1.78. The number of carboxylic acid groups (broad SMARTS) is 1. The second-order valence-electron chi connectivity index (χ2n) is 8.93. The van der Waals surface area contributed by atoms with Crippen LogP contribution in [0.2, 0.25) is 0 Å². The molecule has 8 heteroatoms. The first kappa shape index (κ1) is 21.4. The van der Waals surface area contributed by atoms with Crippen molar-refractivity contribution in [1.29, 1.82) is 0 Å². The molecule has 3 atom stereocenters. The lowest BCUT2D eigenvalue weighted by molar-refractivity contribution is -0.140. The van der Waals surface area contributed by atoms with Crippen LogP contribution in [-0.2, 0) is 9.53 Å². The van der Waals surface area contributed by atoms with Crippen molar-refractivity contribution in [2.75, 3.05) is 11.5 Å². The number of carboxylic acids is 1. The molecule has 0 aromatic heterocycles. The van der Waals surface area contributed by atoms with Crippen LogP contribution >= 0.6 is 0 Å². The number of para-hydroxylation sites is 1. The molecule has 0 radical (unpaired) electrons. The van der Waals surface area contributed by atoms with E-state index >= 15 is 0 Å². The second kappa shape index (κ2) is 8.50. The van der Waals surface area contributed by atoms with Crippen molar-refractivity contribution in [3.63, 3.8) is 0 Å². The summed E-state index contributed by atoms with van der Waals surface area (Å²) in [5.41, 5.74) is 2.00. The third-order valence-electron chi connectivity index (χ3n) is 6.86. The Morgan fingerprint density at radius 2 is 1.76 bits per heavy atom. The van der Waals surface area contributed by atoms with Gasteiger partial charge in [0.1, 0.15) is 5.82 Å². The molecule has 33 heavy (non-hydrogen) atoms. The fraction of sp³-hybridized carbons (Fsp3) is 0.400. The molecule has 2 fully saturated rings. The number of rotatable bonds is 5. The number of fused-ring (bicyclic) bond motifs is 2. The Kier molecular flexibility index (Phi) is 5.52. The zero-order chi connectivity index (χ0) is 23.1. The molecule has 3 aliphatic rings. The Balaban J connectivity index is 1.55. The number of benzene rings is 2. The average Bonchev–Trinajstić information content (AvgIpc) is 3.53. The topological polar surface area (TPSA) is 87.2 Å². The maximum atomic E-state index is 13.6. The van der Waals surface area contributed by atoms with Crippen molar-refractivity contribution < 1.29 is 28.6 Å². The Morgan fingerprint density at radius 3 is 2.45 bits per heavy atom. The van der Waals surface area contributed by atoms with Crippen molar-refractivity contribution in [2.45, 2.75) is 50.2 Å². The van der Waals surface area contributed by atoms with E-state index in [9.17, 15) is 18.8 Å². The van der Waals surface area contributed by atoms with Crippen LogP contribution in [0.3, 0.4) is 0 Å². The van der Waals surface area contributed by atoms with Gasteiger partial charge in [0.2, 0.25) is 0 Å². The number of carbonyl (C=O) groups excluding carboxylic acids is 2. The van der Waals surface area contributed by atoms with Crippen LogP contribution in [0.25, 0.3) is 0 Å². The molecule has 2 amide bonds. The van der Waals surface area contributed by atoms with Gasteiger partial charge >= 0.3 is 12.1 Å². The number of halogens is 1. The van der Waals surface area contributed by atoms with E-state index in [0.717, 1.165) is 43.4 Å². The molecule has 1 heterocycles. The minimum atomic E-state index is -1.20. The smallest absolute Gasteiger partial charge is 0.411 e. The lowest BCUT2D eigenvalue weighted by atomic mass is 9.81. The lowest BCUT2D eigenvalue weighted by Crippen LogP contribution is -2.53. The minimum absolute atomic E-state index is 0.00211. The van der Waals surface area contributed by atoms with E-state index < -0.39 is 24.5 Å². The first-order valence-electron chi connectivity index (χ1n) is 11.3. The molecule has 1 N–H and O–H groups in total. The van der Waals surface area contributed by atoms with E-state index in [2.05, 4.69) is 0 Å². The highest BCUT2D eigenvalue weighted by atomic mass is 19.1. The number of carbonyl (C=O) groups is 3. The summed E-state index contributed by atoms with van der Waals surface area (Å²) in [4.78, 5) is 41.1. The van der Waals surface area contributed by atoms with Crippen LogP contribution in [0.1, 0.15) is 54.1 Å². The number of anilines is 1. The third kappa shape index (κ3) is 3.94. The van der Waals surface area contributed by atoms with Gasteiger partial charge in [-0.25, -0.2) is 14.0 Å². The maximum absolute atomic E-state index is 13.6. The van der Waals surface area contributed by atoms with E-state index in [1.54, 1.807) is 4.90 Å². The lowest BCUT2D eigenvalue weighted by Gasteiger charge is -2.47. The van der Waals surface area contributed by atoms with Crippen LogP contribution in [0, 0.1) is 11.7 Å². The molecule has 2 saturated carbocycles. The fourth-order valence-electron chi connectivity index (χ4n) is 5.41. The molecule has 2 aliphatic carbocycles. The molecule has 7 nitrogen and oxygen atoms in total. The predicted molar refractivity (Wildman–Crippen MR) is 117 cm³/mol. The number of hydrogen-bond donors (Lipinski definition) is 1. The number of nitrogens with zero attached hydrogens (tertiary/aromatic N) is 2. The van der Waals surface area contributed by atoms with Crippen molar-refractivity contribution in [3.8, 4) is 0 Å². The number of ether oxygens (including phenoxy) is 1. The van der Waals surface area contributed by atoms with Gasteiger partial charge in [-0.05, 0) is 61.6 Å². The molecule has 5 rings (SSSR count). The Morgan fingerprint density at radius 1 is 1.03 bits per heavy atom. The molecule has 1 aliphatic heterocycles. The van der Waals surface area contributed by atoms with Gasteiger partial charge in [0, 0.05) is 29.3 Å². The first-order chi connectivity index (χ1) is 16.0. The Hall–Kier alpha value is -3.42. The second-order valence-corrected chi connectivity index (χ2v) is 8.93. The van der Waals surface area contributed by atoms with Crippen molar-refractivity contribution >= 4 is 23.7 Å². The van der Waals surface area contributed by atoms with Crippen LogP contribution < -0.4 is 4.90 Å². The Labute approximate surface area is 190 Å². The molecule has 172 valence electrons. The van der Waals surface area contributed by atoms with E-state index in [4.69, 9.17) is 9.84 Å². The highest BCUT2D eigenvalue weighted by Gasteiger charge is 2.52. The van der Waals surface area contributed by atoms with Gasteiger partial charge in [-0.15, -0.1) is 0 Å². The van der Waals surface area contributed by atoms with Gasteiger partial charge in [0.25, 0.3) is 5.91 Å². The molecular formula is C25H25FN2O5. The van der Waals surface area contributed by atoms with Gasteiger partial charge in [0.05, 0.1) is 6.04 Å². The number of amides is 2. The van der Waals surface area contributed by atoms with Gasteiger partial charge in [-0.3, -0.25) is 9.69 Å². The molecule has 2 aromatic rings. The van der Waals surface area contributed by atoms with Crippen molar-refractivity contribution in [1.82, 2.24) is 4.90 Å². The molecule has 0 saturated heterocycles. The quantitative estimate of drug-likeness (QED) is 0.728. The largest absolute Gasteiger partial charge is 0.479 e. The maximum Gasteiger partial charge on any atom is 0.411 e. The zero-order valence-electron chi connectivity index (χ0n) is 18.0. The minimum Gasteiger partial charge on any atom is -0.479 e. The summed E-state index contributed by atoms with van der Waals surface area (Å²) in [6.45, 7) is -0.681. The average molecular weight is 452 g/mol. The molecule has 0 spiro atoms. The van der Waals surface area contributed by atoms with E-state index in [1.165, 1.54) is 24.3 Å². The molecule has 3 unspecified atom stereocenters. The summed E-state index contributed by atoms with van der Waals surface area (Å²) < 4.78 is 18.6. The Bertz CT molecular complexity index is 1080. The van der Waals surface area contributed by atoms with Crippen molar-refractivity contribution in [2.24, 2.45) is 5.92 Å². The molecule has 0 bridgehead atoms. The number of hydrogen-bond acceptors (Lipinski definition) is 4. The fourth-order valence-corrected chi connectivity index (χ4v) is 5.41. The normalized spacial score (nSPS) is 23.4. The van der Waals surface area contributed by atoms with Crippen molar-refractivity contribution in [3.05, 3.63) is 65.5 Å². The van der Waals surface area contributed by atoms with Gasteiger partial charge < -0.3 is 14.7 Å². The standard InChI is InChI=1S/C25H25FN2O5/c26-16-10-8-15(9-11-16)24(31)28-20-6-2-1-4-18(20)23(19-5-3-7-21(19)28)27(17-12-13-17)25(32)33-14-22(29)30/h1-2,4,6,8-11,17,19,21,23H,3,5,7,12-14H2,(H,29,30). The summed E-state index contributed by atoms with van der Waals surface area (Å²) in [5, 5.41) is 8.97. The summed E-state index contributed by atoms with van der Waals surface area (Å²) >= 11 is 0.